The molecule has 1 N–H and O–H groups in total. The number of halogens is 1. The van der Waals surface area contributed by atoms with Crippen LogP contribution >= 0.6 is 11.3 Å². The molecule has 0 radical (unpaired) electrons. The van der Waals surface area contributed by atoms with Crippen LogP contribution in [0.1, 0.15) is 56.7 Å². The van der Waals surface area contributed by atoms with Gasteiger partial charge in [0.05, 0.1) is 23.9 Å². The summed E-state index contributed by atoms with van der Waals surface area (Å²) in [7, 11) is 0. The zero-order chi connectivity index (χ0) is 23.5. The molecule has 0 saturated carbocycles. The lowest BCUT2D eigenvalue weighted by Gasteiger charge is -2.36. The highest BCUT2D eigenvalue weighted by Gasteiger charge is 2.35. The molecule has 0 aliphatic carbocycles. The largest absolute Gasteiger partial charge is 0.462 e. The Morgan fingerprint density at radius 2 is 1.88 bits per heavy atom. The molecule has 1 aromatic heterocycles. The van der Waals surface area contributed by atoms with E-state index in [2.05, 4.69) is 19.2 Å². The summed E-state index contributed by atoms with van der Waals surface area (Å²) in [4.78, 5) is 30.0. The molecule has 0 fully saturated rings. The number of nitrogens with zero attached hydrogens (tertiary/aromatic N) is 1. The maximum absolute atomic E-state index is 13.7. The van der Waals surface area contributed by atoms with Crippen molar-refractivity contribution in [3.05, 3.63) is 86.4 Å². The van der Waals surface area contributed by atoms with Crippen molar-refractivity contribution < 1.29 is 18.7 Å². The van der Waals surface area contributed by atoms with Crippen molar-refractivity contribution in [2.45, 2.75) is 39.7 Å². The minimum Gasteiger partial charge on any atom is -0.462 e. The number of benzene rings is 2. The first-order valence-electron chi connectivity index (χ1n) is 11.1. The molecule has 2 amide bonds. The summed E-state index contributed by atoms with van der Waals surface area (Å²) in [6.45, 7) is 6.77. The van der Waals surface area contributed by atoms with Gasteiger partial charge in [-0.15, -0.1) is 11.3 Å². The summed E-state index contributed by atoms with van der Waals surface area (Å²) < 4.78 is 18.8. The van der Waals surface area contributed by atoms with Gasteiger partial charge in [-0.1, -0.05) is 31.2 Å². The van der Waals surface area contributed by atoms with Gasteiger partial charge < -0.3 is 15.0 Å². The zero-order valence-electron chi connectivity index (χ0n) is 19.0. The zero-order valence-corrected chi connectivity index (χ0v) is 19.8. The van der Waals surface area contributed by atoms with E-state index >= 15 is 0 Å². The molecule has 1 aliphatic heterocycles. The summed E-state index contributed by atoms with van der Waals surface area (Å²) in [5.74, 6) is -0.795. The first-order chi connectivity index (χ1) is 15.9. The molecule has 0 unspecified atom stereocenters. The van der Waals surface area contributed by atoms with Crippen LogP contribution in [-0.4, -0.2) is 30.1 Å². The summed E-state index contributed by atoms with van der Waals surface area (Å²) in [6.07, 6.45) is 1.69. The predicted octanol–water partition coefficient (Wildman–Crippen LogP) is 6.11. The Hall–Kier alpha value is -3.19. The van der Waals surface area contributed by atoms with E-state index in [0.717, 1.165) is 23.3 Å². The Morgan fingerprint density at radius 3 is 2.58 bits per heavy atom. The van der Waals surface area contributed by atoms with Crippen LogP contribution in [0, 0.1) is 12.7 Å². The van der Waals surface area contributed by atoms with E-state index in [1.54, 1.807) is 59.6 Å². The fourth-order valence-corrected chi connectivity index (χ4v) is 5.91. The third-order valence-electron chi connectivity index (χ3n) is 5.98. The molecule has 2 aromatic carbocycles. The highest BCUT2D eigenvalue weighted by atomic mass is 32.1. The number of amides is 2. The molecule has 0 spiro atoms. The van der Waals surface area contributed by atoms with Gasteiger partial charge in [0.25, 0.3) is 0 Å². The van der Waals surface area contributed by atoms with Gasteiger partial charge >= 0.3 is 12.0 Å². The SMILES string of the molecule is CCOC(=O)c1ccccc1NC(=O)N1CCc2c(sc(C)c2CC)[C@@H]1c1ccc(F)cc1. The normalized spacial score (nSPS) is 15.2. The number of para-hydroxylation sites is 1. The second kappa shape index (κ2) is 9.75. The smallest absolute Gasteiger partial charge is 0.340 e. The lowest BCUT2D eigenvalue weighted by atomic mass is 9.92. The molecule has 3 aromatic rings. The summed E-state index contributed by atoms with van der Waals surface area (Å²) in [5.41, 5.74) is 4.21. The number of esters is 1. The number of hydrogen-bond donors (Lipinski definition) is 1. The van der Waals surface area contributed by atoms with Gasteiger partial charge in [-0.25, -0.2) is 14.0 Å². The van der Waals surface area contributed by atoms with Crippen LogP contribution in [0.2, 0.25) is 0 Å². The van der Waals surface area contributed by atoms with Gasteiger partial charge in [0, 0.05) is 16.3 Å². The molecule has 1 atom stereocenters. The van der Waals surface area contributed by atoms with Crippen LogP contribution in [0.4, 0.5) is 14.9 Å². The highest BCUT2D eigenvalue weighted by Crippen LogP contribution is 2.43. The molecule has 5 nitrogen and oxygen atoms in total. The van der Waals surface area contributed by atoms with Gasteiger partial charge in [-0.05, 0) is 67.6 Å². The number of fused-ring (bicyclic) bond motifs is 1. The quantitative estimate of drug-likeness (QED) is 0.461. The average molecular weight is 467 g/mol. The number of anilines is 1. The van der Waals surface area contributed by atoms with Crippen molar-refractivity contribution in [1.82, 2.24) is 4.90 Å². The van der Waals surface area contributed by atoms with Gasteiger partial charge in [0.15, 0.2) is 0 Å². The minimum absolute atomic E-state index is 0.250. The van der Waals surface area contributed by atoms with Crippen molar-refractivity contribution in [3.8, 4) is 0 Å². The number of ether oxygens (including phenoxy) is 1. The van der Waals surface area contributed by atoms with E-state index in [4.69, 9.17) is 4.74 Å². The molecule has 4 rings (SSSR count). The van der Waals surface area contributed by atoms with Gasteiger partial charge in [-0.3, -0.25) is 0 Å². The Kier molecular flexibility index (Phi) is 6.79. The van der Waals surface area contributed by atoms with Crippen molar-refractivity contribution in [3.63, 3.8) is 0 Å². The van der Waals surface area contributed by atoms with Gasteiger partial charge in [0.2, 0.25) is 0 Å². The van der Waals surface area contributed by atoms with E-state index in [1.165, 1.54) is 28.1 Å². The number of nitrogens with one attached hydrogen (secondary N) is 1. The van der Waals surface area contributed by atoms with Gasteiger partial charge in [0.1, 0.15) is 5.82 Å². The molecule has 7 heteroatoms. The Bertz CT molecular complexity index is 1170. The minimum atomic E-state index is -0.481. The molecular formula is C26H27FN2O3S. The lowest BCUT2D eigenvalue weighted by Crippen LogP contribution is -2.42. The second-order valence-corrected chi connectivity index (χ2v) is 9.18. The van der Waals surface area contributed by atoms with Crippen molar-refractivity contribution in [2.75, 3.05) is 18.5 Å². The van der Waals surface area contributed by atoms with Crippen LogP contribution in [0.25, 0.3) is 0 Å². The monoisotopic (exact) mass is 466 g/mol. The van der Waals surface area contributed by atoms with Crippen molar-refractivity contribution >= 4 is 29.0 Å². The standard InChI is InChI=1S/C26H27FN2O3S/c1-4-19-16(3)33-24-20(19)14-15-29(23(24)17-10-12-18(27)13-11-17)26(31)28-22-9-7-6-8-21(22)25(30)32-5-2/h6-13,23H,4-5,14-15H2,1-3H3,(H,28,31)/t23-/m0/s1. The molecule has 2 heterocycles. The average Bonchev–Trinajstić information content (AvgIpc) is 3.14. The number of carbonyl (C=O) groups is 2. The highest BCUT2D eigenvalue weighted by molar-refractivity contribution is 7.12. The van der Waals surface area contributed by atoms with E-state index in [1.807, 2.05) is 0 Å². The topological polar surface area (TPSA) is 58.6 Å². The number of rotatable bonds is 5. The summed E-state index contributed by atoms with van der Waals surface area (Å²) in [6, 6.07) is 12.5. The summed E-state index contributed by atoms with van der Waals surface area (Å²) in [5, 5.41) is 2.91. The number of thiophene rings is 1. The van der Waals surface area contributed by atoms with Crippen LogP contribution in [-0.2, 0) is 17.6 Å². The predicted molar refractivity (Wildman–Crippen MR) is 129 cm³/mol. The second-order valence-electron chi connectivity index (χ2n) is 7.93. The third kappa shape index (κ3) is 4.50. The molecular weight excluding hydrogens is 439 g/mol. The van der Waals surface area contributed by atoms with Crippen LogP contribution < -0.4 is 5.32 Å². The van der Waals surface area contributed by atoms with Crippen molar-refractivity contribution in [1.29, 1.82) is 0 Å². The molecule has 172 valence electrons. The molecule has 33 heavy (non-hydrogen) atoms. The Balaban J connectivity index is 1.71. The van der Waals surface area contributed by atoms with Crippen LogP contribution in [0.15, 0.2) is 48.5 Å². The maximum Gasteiger partial charge on any atom is 0.340 e. The molecule has 0 bridgehead atoms. The van der Waals surface area contributed by atoms with E-state index < -0.39 is 5.97 Å². The van der Waals surface area contributed by atoms with Crippen molar-refractivity contribution in [2.24, 2.45) is 0 Å². The fourth-order valence-electron chi connectivity index (χ4n) is 4.47. The maximum atomic E-state index is 13.7. The molecule has 0 saturated heterocycles. The number of urea groups is 1. The molecule has 1 aliphatic rings. The summed E-state index contributed by atoms with van der Waals surface area (Å²) >= 11 is 1.70. The number of aryl methyl sites for hydroxylation is 1. The van der Waals surface area contributed by atoms with E-state index in [9.17, 15) is 14.0 Å². The van der Waals surface area contributed by atoms with E-state index in [-0.39, 0.29) is 24.5 Å². The Labute approximate surface area is 197 Å². The first-order valence-corrected chi connectivity index (χ1v) is 12.0. The van der Waals surface area contributed by atoms with Gasteiger partial charge in [-0.2, -0.15) is 0 Å². The lowest BCUT2D eigenvalue weighted by molar-refractivity contribution is 0.0527. The fraction of sp³-hybridized carbons (Fsp3) is 0.308. The third-order valence-corrected chi connectivity index (χ3v) is 7.22. The first kappa shape index (κ1) is 23.0. The Morgan fingerprint density at radius 1 is 1.15 bits per heavy atom. The van der Waals surface area contributed by atoms with Crippen LogP contribution in [0.3, 0.4) is 0 Å². The van der Waals surface area contributed by atoms with E-state index in [0.29, 0.717) is 17.8 Å². The number of hydrogen-bond acceptors (Lipinski definition) is 4. The van der Waals surface area contributed by atoms with Crippen LogP contribution in [0.5, 0.6) is 0 Å². The number of carbonyl (C=O) groups excluding carboxylic acids is 2.